The van der Waals surface area contributed by atoms with E-state index in [4.69, 9.17) is 5.73 Å². The van der Waals surface area contributed by atoms with Crippen molar-refractivity contribution in [3.8, 4) is 0 Å². The topological polar surface area (TPSA) is 26.0 Å². The standard InChI is InChI=1S/C19H28FN/c1-12-9-13(2)18(17(20)10-12)19(21)16-8-7-14-5-3-4-6-15(14)11-16/h9-10,14-16,19H,3-8,11,21H2,1-2H3. The van der Waals surface area contributed by atoms with Crippen LogP contribution >= 0.6 is 0 Å². The molecule has 116 valence electrons. The fourth-order valence-corrected chi connectivity index (χ4v) is 4.82. The van der Waals surface area contributed by atoms with Crippen LogP contribution in [0, 0.1) is 37.4 Å². The highest BCUT2D eigenvalue weighted by Gasteiger charge is 2.35. The van der Waals surface area contributed by atoms with Gasteiger partial charge in [0.25, 0.3) is 0 Å². The zero-order valence-electron chi connectivity index (χ0n) is 13.4. The van der Waals surface area contributed by atoms with Crippen LogP contribution in [0.3, 0.4) is 0 Å². The number of halogens is 1. The summed E-state index contributed by atoms with van der Waals surface area (Å²) in [6.07, 6.45) is 9.24. The van der Waals surface area contributed by atoms with E-state index in [1.807, 2.05) is 13.8 Å². The molecule has 21 heavy (non-hydrogen) atoms. The number of hydrogen-bond acceptors (Lipinski definition) is 1. The van der Waals surface area contributed by atoms with Gasteiger partial charge in [-0.3, -0.25) is 0 Å². The zero-order valence-corrected chi connectivity index (χ0v) is 13.4. The van der Waals surface area contributed by atoms with Gasteiger partial charge >= 0.3 is 0 Å². The van der Waals surface area contributed by atoms with Crippen LogP contribution in [0.2, 0.25) is 0 Å². The van der Waals surface area contributed by atoms with E-state index in [2.05, 4.69) is 6.07 Å². The van der Waals surface area contributed by atoms with Crippen molar-refractivity contribution in [2.24, 2.45) is 23.5 Å². The molecule has 0 aromatic heterocycles. The second-order valence-corrected chi connectivity index (χ2v) is 7.38. The maximum atomic E-state index is 14.4. The minimum absolute atomic E-state index is 0.106. The lowest BCUT2D eigenvalue weighted by Crippen LogP contribution is -2.33. The molecule has 0 aliphatic heterocycles. The molecule has 0 radical (unpaired) electrons. The molecule has 2 N–H and O–H groups in total. The van der Waals surface area contributed by atoms with E-state index in [-0.39, 0.29) is 11.9 Å². The van der Waals surface area contributed by atoms with Gasteiger partial charge in [0.2, 0.25) is 0 Å². The summed E-state index contributed by atoms with van der Waals surface area (Å²) in [6.45, 7) is 3.94. The fourth-order valence-electron chi connectivity index (χ4n) is 4.82. The monoisotopic (exact) mass is 289 g/mol. The summed E-state index contributed by atoms with van der Waals surface area (Å²) < 4.78 is 14.4. The summed E-state index contributed by atoms with van der Waals surface area (Å²) in [6, 6.07) is 3.56. The van der Waals surface area contributed by atoms with Crippen molar-refractivity contribution in [3.63, 3.8) is 0 Å². The van der Waals surface area contributed by atoms with Gasteiger partial charge in [0.1, 0.15) is 5.82 Å². The Bertz CT molecular complexity index is 487. The SMILES string of the molecule is Cc1cc(C)c(C(N)C2CCC3CCCCC3C2)c(F)c1. The average molecular weight is 289 g/mol. The molecule has 0 amide bonds. The molecule has 2 heteroatoms. The second kappa shape index (κ2) is 6.08. The van der Waals surface area contributed by atoms with E-state index in [0.29, 0.717) is 5.92 Å². The van der Waals surface area contributed by atoms with E-state index in [0.717, 1.165) is 28.5 Å². The fraction of sp³-hybridized carbons (Fsp3) is 0.684. The molecule has 0 saturated heterocycles. The number of fused-ring (bicyclic) bond motifs is 1. The number of benzene rings is 1. The van der Waals surface area contributed by atoms with Gasteiger partial charge in [0, 0.05) is 11.6 Å². The summed E-state index contributed by atoms with van der Waals surface area (Å²) in [5.41, 5.74) is 9.27. The Labute approximate surface area is 128 Å². The highest BCUT2D eigenvalue weighted by atomic mass is 19.1. The molecule has 2 fully saturated rings. The van der Waals surface area contributed by atoms with Crippen molar-refractivity contribution in [3.05, 3.63) is 34.6 Å². The van der Waals surface area contributed by atoms with Crippen LogP contribution in [-0.4, -0.2) is 0 Å². The van der Waals surface area contributed by atoms with Gasteiger partial charge in [-0.2, -0.15) is 0 Å². The Kier molecular flexibility index (Phi) is 4.35. The van der Waals surface area contributed by atoms with Gasteiger partial charge in [0.05, 0.1) is 0 Å². The quantitative estimate of drug-likeness (QED) is 0.810. The predicted molar refractivity (Wildman–Crippen MR) is 85.6 cm³/mol. The summed E-state index contributed by atoms with van der Waals surface area (Å²) in [5, 5.41) is 0. The van der Waals surface area contributed by atoms with Crippen molar-refractivity contribution in [1.82, 2.24) is 0 Å². The first-order valence-electron chi connectivity index (χ1n) is 8.58. The molecule has 0 heterocycles. The lowest BCUT2D eigenvalue weighted by molar-refractivity contribution is 0.116. The van der Waals surface area contributed by atoms with Crippen molar-refractivity contribution < 1.29 is 4.39 Å². The first kappa shape index (κ1) is 15.0. The third kappa shape index (κ3) is 3.01. The summed E-state index contributed by atoms with van der Waals surface area (Å²) in [4.78, 5) is 0. The second-order valence-electron chi connectivity index (χ2n) is 7.38. The Morgan fingerprint density at radius 3 is 2.48 bits per heavy atom. The Morgan fingerprint density at radius 2 is 1.76 bits per heavy atom. The largest absolute Gasteiger partial charge is 0.324 e. The van der Waals surface area contributed by atoms with Gasteiger partial charge in [-0.1, -0.05) is 31.7 Å². The molecule has 0 bridgehead atoms. The molecule has 2 aliphatic rings. The van der Waals surface area contributed by atoms with E-state index >= 15 is 0 Å². The molecular weight excluding hydrogens is 261 g/mol. The summed E-state index contributed by atoms with van der Waals surface area (Å²) >= 11 is 0. The maximum absolute atomic E-state index is 14.4. The molecule has 4 unspecified atom stereocenters. The van der Waals surface area contributed by atoms with Crippen LogP contribution in [0.25, 0.3) is 0 Å². The first-order valence-corrected chi connectivity index (χ1v) is 8.58. The molecule has 0 spiro atoms. The van der Waals surface area contributed by atoms with Crippen LogP contribution in [0.4, 0.5) is 4.39 Å². The van der Waals surface area contributed by atoms with Crippen LogP contribution in [0.1, 0.15) is 67.7 Å². The van der Waals surface area contributed by atoms with Gasteiger partial charge in [-0.05, 0) is 68.1 Å². The van der Waals surface area contributed by atoms with E-state index in [9.17, 15) is 4.39 Å². The van der Waals surface area contributed by atoms with Crippen molar-refractivity contribution in [2.45, 2.75) is 64.8 Å². The van der Waals surface area contributed by atoms with E-state index in [1.54, 1.807) is 6.07 Å². The maximum Gasteiger partial charge on any atom is 0.128 e. The smallest absolute Gasteiger partial charge is 0.128 e. The predicted octanol–water partition coefficient (Wildman–Crippen LogP) is 5.05. The summed E-state index contributed by atoms with van der Waals surface area (Å²) in [5.74, 6) is 2.12. The van der Waals surface area contributed by atoms with Gasteiger partial charge < -0.3 is 5.73 Å². The van der Waals surface area contributed by atoms with Crippen LogP contribution in [0.15, 0.2) is 12.1 Å². The van der Waals surface area contributed by atoms with Crippen LogP contribution < -0.4 is 5.73 Å². The van der Waals surface area contributed by atoms with Crippen molar-refractivity contribution in [2.75, 3.05) is 0 Å². The molecule has 2 aliphatic carbocycles. The van der Waals surface area contributed by atoms with Crippen LogP contribution in [0.5, 0.6) is 0 Å². The number of aryl methyl sites for hydroxylation is 2. The average Bonchev–Trinajstić information content (AvgIpc) is 2.45. The number of hydrogen-bond donors (Lipinski definition) is 1. The third-order valence-electron chi connectivity index (χ3n) is 5.90. The summed E-state index contributed by atoms with van der Waals surface area (Å²) in [7, 11) is 0. The first-order chi connectivity index (χ1) is 10.1. The highest BCUT2D eigenvalue weighted by molar-refractivity contribution is 5.34. The lowest BCUT2D eigenvalue weighted by atomic mass is 9.65. The highest BCUT2D eigenvalue weighted by Crippen LogP contribution is 2.46. The minimum atomic E-state index is -0.131. The molecule has 1 aromatic rings. The number of nitrogens with two attached hydrogens (primary N) is 1. The Hall–Kier alpha value is -0.890. The van der Waals surface area contributed by atoms with Crippen LogP contribution in [-0.2, 0) is 0 Å². The van der Waals surface area contributed by atoms with Gasteiger partial charge in [0.15, 0.2) is 0 Å². The Balaban J connectivity index is 1.78. The van der Waals surface area contributed by atoms with Crippen molar-refractivity contribution >= 4 is 0 Å². The minimum Gasteiger partial charge on any atom is -0.324 e. The zero-order chi connectivity index (χ0) is 15.0. The Morgan fingerprint density at radius 1 is 1.05 bits per heavy atom. The van der Waals surface area contributed by atoms with Gasteiger partial charge in [-0.15, -0.1) is 0 Å². The van der Waals surface area contributed by atoms with E-state index < -0.39 is 0 Å². The van der Waals surface area contributed by atoms with Gasteiger partial charge in [-0.25, -0.2) is 4.39 Å². The third-order valence-corrected chi connectivity index (χ3v) is 5.90. The molecule has 2 saturated carbocycles. The van der Waals surface area contributed by atoms with E-state index in [1.165, 1.54) is 44.9 Å². The normalized spacial score (nSPS) is 30.8. The number of rotatable bonds is 2. The molecule has 4 atom stereocenters. The molecule has 1 aromatic carbocycles. The lowest BCUT2D eigenvalue weighted by Gasteiger charge is -2.41. The molecule has 3 rings (SSSR count). The molecule has 1 nitrogen and oxygen atoms in total. The molecular formula is C19H28FN. The van der Waals surface area contributed by atoms with Crippen molar-refractivity contribution in [1.29, 1.82) is 0 Å².